The number of halogens is 1. The second kappa shape index (κ2) is 3.40. The number of rotatable bonds is 1. The highest BCUT2D eigenvalue weighted by atomic mass is 35.5. The highest BCUT2D eigenvalue weighted by Crippen LogP contribution is 2.17. The average Bonchev–Trinajstić information content (AvgIpc) is 1.90. The van der Waals surface area contributed by atoms with Crippen LogP contribution in [-0.2, 0) is 4.74 Å². The number of hydrogen-bond donors (Lipinski definition) is 1. The average molecular weight is 151 g/mol. The summed E-state index contributed by atoms with van der Waals surface area (Å²) in [6.45, 7) is 0.744. The van der Waals surface area contributed by atoms with Gasteiger partial charge in [-0.05, 0) is 19.3 Å². The van der Waals surface area contributed by atoms with E-state index in [4.69, 9.17) is 21.4 Å². The molecule has 1 rings (SSSR count). The molecule has 0 aromatic rings. The Bertz CT molecular complexity index is 79.1. The van der Waals surface area contributed by atoms with Crippen molar-refractivity contribution in [1.82, 2.24) is 0 Å². The van der Waals surface area contributed by atoms with E-state index in [1.165, 1.54) is 0 Å². The summed E-state index contributed by atoms with van der Waals surface area (Å²) in [6.07, 6.45) is 2.99. The van der Waals surface area contributed by atoms with Crippen LogP contribution in [0, 0.1) is 0 Å². The molecule has 1 saturated heterocycles. The molecule has 0 amide bonds. The van der Waals surface area contributed by atoms with E-state index >= 15 is 0 Å². The lowest BCUT2D eigenvalue weighted by Crippen LogP contribution is -2.28. The summed E-state index contributed by atoms with van der Waals surface area (Å²) in [5.41, 5.74) is -0.815. The van der Waals surface area contributed by atoms with Gasteiger partial charge in [0.2, 0.25) is 0 Å². The molecule has 54 valence electrons. The summed E-state index contributed by atoms with van der Waals surface area (Å²) in [5.74, 6) is 0. The number of aliphatic hydroxyl groups excluding tert-OH is 1. The van der Waals surface area contributed by atoms with E-state index in [0.29, 0.717) is 0 Å². The third-order valence-corrected chi connectivity index (χ3v) is 1.80. The van der Waals surface area contributed by atoms with Crippen molar-refractivity contribution in [2.75, 3.05) is 6.61 Å². The zero-order valence-corrected chi connectivity index (χ0v) is 5.97. The zero-order chi connectivity index (χ0) is 6.69. The Kier molecular flexibility index (Phi) is 2.76. The first kappa shape index (κ1) is 7.32. The molecule has 0 radical (unpaired) electrons. The van der Waals surface area contributed by atoms with Crippen LogP contribution in [0.3, 0.4) is 0 Å². The van der Waals surface area contributed by atoms with Gasteiger partial charge in [0, 0.05) is 6.61 Å². The first-order valence-electron chi connectivity index (χ1n) is 3.24. The molecule has 1 heterocycles. The smallest absolute Gasteiger partial charge is 0.153 e. The van der Waals surface area contributed by atoms with Crippen LogP contribution in [0.1, 0.15) is 19.3 Å². The Balaban J connectivity index is 2.23. The summed E-state index contributed by atoms with van der Waals surface area (Å²) in [4.78, 5) is 0. The Morgan fingerprint density at radius 2 is 2.33 bits per heavy atom. The summed E-state index contributed by atoms with van der Waals surface area (Å²) in [5, 5.41) is 8.82. The molecule has 0 spiro atoms. The molecule has 2 nitrogen and oxygen atoms in total. The number of alkyl halides is 1. The molecule has 2 atom stereocenters. The Morgan fingerprint density at radius 3 is 2.67 bits per heavy atom. The van der Waals surface area contributed by atoms with Crippen LogP contribution in [0.25, 0.3) is 0 Å². The van der Waals surface area contributed by atoms with Gasteiger partial charge in [-0.2, -0.15) is 0 Å². The van der Waals surface area contributed by atoms with Crippen molar-refractivity contribution in [2.24, 2.45) is 0 Å². The molecular formula is C6H11ClO2. The van der Waals surface area contributed by atoms with Crippen molar-refractivity contribution in [3.8, 4) is 0 Å². The van der Waals surface area contributed by atoms with Gasteiger partial charge in [0.1, 0.15) is 0 Å². The molecule has 3 heteroatoms. The largest absolute Gasteiger partial charge is 0.375 e. The van der Waals surface area contributed by atoms with Gasteiger partial charge in [-0.1, -0.05) is 11.6 Å². The second-order valence-corrected chi connectivity index (χ2v) is 2.72. The van der Waals surface area contributed by atoms with Crippen LogP contribution < -0.4 is 0 Å². The van der Waals surface area contributed by atoms with Gasteiger partial charge in [0.15, 0.2) is 5.56 Å². The summed E-state index contributed by atoms with van der Waals surface area (Å²) >= 11 is 5.39. The standard InChI is InChI=1S/C6H11ClO2/c7-6(8)5-3-1-2-4-9-5/h5-6,8H,1-4H2. The molecule has 9 heavy (non-hydrogen) atoms. The Labute approximate surface area is 59.8 Å². The van der Waals surface area contributed by atoms with E-state index in [0.717, 1.165) is 25.9 Å². The quantitative estimate of drug-likeness (QED) is 0.568. The fourth-order valence-electron chi connectivity index (χ4n) is 0.983. The summed E-state index contributed by atoms with van der Waals surface area (Å²) < 4.78 is 5.16. The lowest BCUT2D eigenvalue weighted by atomic mass is 10.1. The first-order chi connectivity index (χ1) is 4.30. The molecule has 1 fully saturated rings. The summed E-state index contributed by atoms with van der Waals surface area (Å²) in [6, 6.07) is 0. The minimum absolute atomic E-state index is 0.125. The molecule has 2 unspecified atom stereocenters. The molecule has 0 bridgehead atoms. The van der Waals surface area contributed by atoms with Crippen molar-refractivity contribution in [2.45, 2.75) is 30.9 Å². The number of ether oxygens (including phenoxy) is 1. The highest BCUT2D eigenvalue weighted by molar-refractivity contribution is 6.19. The van der Waals surface area contributed by atoms with Gasteiger partial charge in [0.25, 0.3) is 0 Å². The van der Waals surface area contributed by atoms with Crippen molar-refractivity contribution in [3.63, 3.8) is 0 Å². The van der Waals surface area contributed by atoms with Crippen molar-refractivity contribution >= 4 is 11.6 Å². The molecule has 1 N–H and O–H groups in total. The fraction of sp³-hybridized carbons (Fsp3) is 1.00. The number of aliphatic hydroxyl groups is 1. The van der Waals surface area contributed by atoms with Gasteiger partial charge in [0.05, 0.1) is 6.10 Å². The summed E-state index contributed by atoms with van der Waals surface area (Å²) in [7, 11) is 0. The molecule has 0 saturated carbocycles. The molecule has 0 aromatic carbocycles. The van der Waals surface area contributed by atoms with Gasteiger partial charge in [-0.25, -0.2) is 0 Å². The predicted molar refractivity (Wildman–Crippen MR) is 35.5 cm³/mol. The van der Waals surface area contributed by atoms with Gasteiger partial charge in [-0.15, -0.1) is 0 Å². The minimum atomic E-state index is -0.815. The maximum Gasteiger partial charge on any atom is 0.153 e. The number of hydrogen-bond acceptors (Lipinski definition) is 2. The third kappa shape index (κ3) is 2.12. The molecule has 0 aliphatic carbocycles. The van der Waals surface area contributed by atoms with Crippen LogP contribution in [0.15, 0.2) is 0 Å². The van der Waals surface area contributed by atoms with E-state index in [1.807, 2.05) is 0 Å². The first-order valence-corrected chi connectivity index (χ1v) is 3.68. The van der Waals surface area contributed by atoms with Gasteiger partial charge in [-0.3, -0.25) is 0 Å². The maximum absolute atomic E-state index is 8.82. The van der Waals surface area contributed by atoms with Crippen molar-refractivity contribution in [3.05, 3.63) is 0 Å². The minimum Gasteiger partial charge on any atom is -0.375 e. The second-order valence-electron chi connectivity index (χ2n) is 2.28. The Morgan fingerprint density at radius 1 is 1.56 bits per heavy atom. The predicted octanol–water partition coefficient (Wildman–Crippen LogP) is 1.11. The lowest BCUT2D eigenvalue weighted by Gasteiger charge is -2.23. The van der Waals surface area contributed by atoms with Gasteiger partial charge >= 0.3 is 0 Å². The fourth-order valence-corrected chi connectivity index (χ4v) is 1.18. The van der Waals surface area contributed by atoms with Crippen LogP contribution in [0.2, 0.25) is 0 Å². The topological polar surface area (TPSA) is 29.5 Å². The maximum atomic E-state index is 8.82. The van der Waals surface area contributed by atoms with E-state index in [-0.39, 0.29) is 6.10 Å². The normalized spacial score (nSPS) is 32.0. The van der Waals surface area contributed by atoms with Gasteiger partial charge < -0.3 is 9.84 Å². The Hall–Kier alpha value is 0.210. The van der Waals surface area contributed by atoms with Crippen LogP contribution in [0.5, 0.6) is 0 Å². The van der Waals surface area contributed by atoms with Crippen LogP contribution in [0.4, 0.5) is 0 Å². The molecule has 0 aromatic heterocycles. The molecular weight excluding hydrogens is 140 g/mol. The van der Waals surface area contributed by atoms with E-state index in [1.54, 1.807) is 0 Å². The molecule has 1 aliphatic heterocycles. The molecule has 1 aliphatic rings. The van der Waals surface area contributed by atoms with E-state index in [9.17, 15) is 0 Å². The SMILES string of the molecule is OC(Cl)C1CCCCO1. The highest BCUT2D eigenvalue weighted by Gasteiger charge is 2.19. The van der Waals surface area contributed by atoms with E-state index in [2.05, 4.69) is 0 Å². The van der Waals surface area contributed by atoms with E-state index < -0.39 is 5.56 Å². The third-order valence-electron chi connectivity index (χ3n) is 1.52. The monoisotopic (exact) mass is 150 g/mol. The van der Waals surface area contributed by atoms with Crippen LogP contribution in [-0.4, -0.2) is 23.4 Å². The van der Waals surface area contributed by atoms with Crippen molar-refractivity contribution < 1.29 is 9.84 Å². The zero-order valence-electron chi connectivity index (χ0n) is 5.22. The lowest BCUT2D eigenvalue weighted by molar-refractivity contribution is -0.0324. The van der Waals surface area contributed by atoms with Crippen molar-refractivity contribution in [1.29, 1.82) is 0 Å². The van der Waals surface area contributed by atoms with Crippen LogP contribution >= 0.6 is 11.6 Å².